The molecule has 172 valence electrons. The Morgan fingerprint density at radius 1 is 1.19 bits per heavy atom. The van der Waals surface area contributed by atoms with Gasteiger partial charge in [-0.2, -0.15) is 0 Å². The van der Waals surface area contributed by atoms with E-state index in [2.05, 4.69) is 23.7 Å². The van der Waals surface area contributed by atoms with Gasteiger partial charge in [0.05, 0.1) is 17.5 Å². The van der Waals surface area contributed by atoms with Gasteiger partial charge >= 0.3 is 4.87 Å². The van der Waals surface area contributed by atoms with Gasteiger partial charge in [-0.1, -0.05) is 55.0 Å². The maximum atomic E-state index is 11.4. The van der Waals surface area contributed by atoms with Crippen LogP contribution in [0.3, 0.4) is 0 Å². The molecule has 0 saturated heterocycles. The number of aromatic nitrogens is 1. The smallest absolute Gasteiger partial charge is 0.307 e. The largest absolute Gasteiger partial charge is 0.494 e. The monoisotopic (exact) mass is 476 g/mol. The number of ether oxygens (including phenoxy) is 1. The Hall–Kier alpha value is -2.48. The quantitative estimate of drug-likeness (QED) is 0.374. The number of H-pyrrole nitrogens is 1. The van der Waals surface area contributed by atoms with E-state index in [1.807, 2.05) is 48.5 Å². The molecule has 1 atom stereocenters. The second kappa shape index (κ2) is 11.4. The van der Waals surface area contributed by atoms with E-state index in [4.69, 9.17) is 16.3 Å². The van der Waals surface area contributed by atoms with Gasteiger partial charge in [0.25, 0.3) is 0 Å². The van der Waals surface area contributed by atoms with E-state index in [-0.39, 0.29) is 23.4 Å². The predicted molar refractivity (Wildman–Crippen MR) is 130 cm³/mol. The summed E-state index contributed by atoms with van der Waals surface area (Å²) < 4.78 is 6.12. The Balaban J connectivity index is 1.70. The third-order valence-electron chi connectivity index (χ3n) is 5.10. The zero-order valence-electron chi connectivity index (χ0n) is 18.3. The molecule has 0 saturated carbocycles. The van der Waals surface area contributed by atoms with Gasteiger partial charge in [-0.05, 0) is 48.2 Å². The summed E-state index contributed by atoms with van der Waals surface area (Å²) in [6.45, 7) is 5.32. The summed E-state index contributed by atoms with van der Waals surface area (Å²) in [5.41, 5.74) is 1.93. The van der Waals surface area contributed by atoms with Crippen LogP contribution in [-0.4, -0.2) is 41.0 Å². The van der Waals surface area contributed by atoms with Crippen LogP contribution >= 0.6 is 22.9 Å². The molecule has 6 nitrogen and oxygen atoms in total. The maximum absolute atomic E-state index is 11.4. The van der Waals surface area contributed by atoms with E-state index >= 15 is 0 Å². The number of aliphatic hydroxyl groups is 1. The maximum Gasteiger partial charge on any atom is 0.307 e. The molecule has 3 N–H and O–H groups in total. The molecule has 32 heavy (non-hydrogen) atoms. The van der Waals surface area contributed by atoms with Crippen molar-refractivity contribution in [1.29, 1.82) is 0 Å². The third kappa shape index (κ3) is 6.76. The molecule has 0 spiro atoms. The lowest BCUT2D eigenvalue weighted by Gasteiger charge is -2.34. The fourth-order valence-electron chi connectivity index (χ4n) is 3.67. The van der Waals surface area contributed by atoms with Crippen LogP contribution in [0, 0.1) is 5.92 Å². The first kappa shape index (κ1) is 24.2. The van der Waals surface area contributed by atoms with Crippen molar-refractivity contribution >= 4 is 28.6 Å². The highest BCUT2D eigenvalue weighted by atomic mass is 35.5. The molecule has 0 aliphatic heterocycles. The van der Waals surface area contributed by atoms with Crippen LogP contribution < -0.4 is 14.5 Å². The molecule has 2 aromatic carbocycles. The van der Waals surface area contributed by atoms with Crippen LogP contribution in [-0.2, 0) is 6.42 Å². The first-order valence-corrected chi connectivity index (χ1v) is 11.8. The summed E-state index contributed by atoms with van der Waals surface area (Å²) in [5, 5.41) is 20.1. The highest BCUT2D eigenvalue weighted by molar-refractivity contribution is 7.09. The van der Waals surface area contributed by atoms with Crippen molar-refractivity contribution < 1.29 is 14.9 Å². The molecule has 0 amide bonds. The number of hydrogen-bond donors (Lipinski definition) is 3. The number of halogens is 1. The number of aromatic hydroxyl groups is 1. The topological polar surface area (TPSA) is 85.8 Å². The SMILES string of the molecule is CC(C)C[C@H](COc1ccc(Cc2sc(=O)[nH]c2O)cc1)N(CCO)c1cccc(Cl)c1. The number of nitrogens with one attached hydrogen (secondary N) is 1. The van der Waals surface area contributed by atoms with Gasteiger partial charge in [0.1, 0.15) is 12.4 Å². The van der Waals surface area contributed by atoms with E-state index < -0.39 is 0 Å². The molecule has 1 aromatic heterocycles. The van der Waals surface area contributed by atoms with Crippen molar-refractivity contribution in [3.05, 3.63) is 73.7 Å². The van der Waals surface area contributed by atoms with Crippen molar-refractivity contribution in [2.75, 3.05) is 24.7 Å². The summed E-state index contributed by atoms with van der Waals surface area (Å²) in [6.07, 6.45) is 1.38. The molecule has 0 aliphatic rings. The number of hydrogen-bond acceptors (Lipinski definition) is 6. The molecule has 0 fully saturated rings. The lowest BCUT2D eigenvalue weighted by atomic mass is 10.0. The van der Waals surface area contributed by atoms with Crippen molar-refractivity contribution in [2.45, 2.75) is 32.7 Å². The minimum atomic E-state index is -0.263. The van der Waals surface area contributed by atoms with Crippen LogP contribution in [0.25, 0.3) is 0 Å². The van der Waals surface area contributed by atoms with Gasteiger partial charge in [0.2, 0.25) is 5.88 Å². The minimum absolute atomic E-state index is 0.0356. The van der Waals surface area contributed by atoms with Crippen molar-refractivity contribution in [2.24, 2.45) is 5.92 Å². The van der Waals surface area contributed by atoms with E-state index in [0.29, 0.717) is 35.4 Å². The van der Waals surface area contributed by atoms with Gasteiger partial charge in [0.15, 0.2) is 0 Å². The van der Waals surface area contributed by atoms with Gasteiger partial charge in [-0.15, -0.1) is 0 Å². The standard InChI is InChI=1S/C24H29ClN2O4S/c1-16(2)12-20(27(10-11-28)19-5-3-4-18(25)14-19)15-31-21-8-6-17(7-9-21)13-22-23(29)26-24(30)32-22/h3-9,14,16,20,28-29H,10-13,15H2,1-2H3,(H,26,30)/t20-/m1/s1. The average molecular weight is 477 g/mol. The fraction of sp³-hybridized carbons (Fsp3) is 0.375. The molecule has 0 bridgehead atoms. The Morgan fingerprint density at radius 2 is 1.94 bits per heavy atom. The molecule has 8 heteroatoms. The number of aromatic amines is 1. The first-order chi connectivity index (χ1) is 15.4. The number of nitrogens with zero attached hydrogens (tertiary/aromatic N) is 1. The third-order valence-corrected chi connectivity index (χ3v) is 6.20. The minimum Gasteiger partial charge on any atom is -0.494 e. The second-order valence-electron chi connectivity index (χ2n) is 8.10. The Labute approximate surface area is 197 Å². The number of thiazole rings is 1. The molecule has 0 unspecified atom stereocenters. The number of benzene rings is 2. The number of aliphatic hydroxyl groups excluding tert-OH is 1. The number of anilines is 1. The van der Waals surface area contributed by atoms with Crippen LogP contribution in [0.5, 0.6) is 11.6 Å². The van der Waals surface area contributed by atoms with E-state index in [1.165, 1.54) is 0 Å². The zero-order valence-corrected chi connectivity index (χ0v) is 19.8. The first-order valence-electron chi connectivity index (χ1n) is 10.6. The summed E-state index contributed by atoms with van der Waals surface area (Å²) in [5.74, 6) is 1.12. The van der Waals surface area contributed by atoms with Gasteiger partial charge in [-0.25, -0.2) is 0 Å². The highest BCUT2D eigenvalue weighted by Crippen LogP contribution is 2.26. The number of rotatable bonds is 11. The van der Waals surface area contributed by atoms with Crippen LogP contribution in [0.15, 0.2) is 53.3 Å². The lowest BCUT2D eigenvalue weighted by Crippen LogP contribution is -2.42. The van der Waals surface area contributed by atoms with Crippen LogP contribution in [0.4, 0.5) is 5.69 Å². The average Bonchev–Trinajstić information content (AvgIpc) is 3.07. The van der Waals surface area contributed by atoms with Gasteiger partial charge in [0, 0.05) is 23.7 Å². The summed E-state index contributed by atoms with van der Waals surface area (Å²) in [7, 11) is 0. The molecular weight excluding hydrogens is 448 g/mol. The normalized spacial score (nSPS) is 12.2. The molecule has 0 radical (unpaired) electrons. The Kier molecular flexibility index (Phi) is 8.61. The van der Waals surface area contributed by atoms with Crippen LogP contribution in [0.1, 0.15) is 30.7 Å². The zero-order chi connectivity index (χ0) is 23.1. The van der Waals surface area contributed by atoms with E-state index in [1.54, 1.807) is 0 Å². The van der Waals surface area contributed by atoms with Gasteiger partial charge in [-0.3, -0.25) is 9.78 Å². The summed E-state index contributed by atoms with van der Waals surface area (Å²) >= 11 is 7.21. The van der Waals surface area contributed by atoms with E-state index in [9.17, 15) is 15.0 Å². The lowest BCUT2D eigenvalue weighted by molar-refractivity contribution is 0.247. The second-order valence-corrected chi connectivity index (χ2v) is 9.60. The fourth-order valence-corrected chi connectivity index (χ4v) is 4.61. The molecule has 3 rings (SSSR count). The molecule has 1 heterocycles. The van der Waals surface area contributed by atoms with Crippen molar-refractivity contribution in [1.82, 2.24) is 4.98 Å². The van der Waals surface area contributed by atoms with Gasteiger partial charge < -0.3 is 19.8 Å². The van der Waals surface area contributed by atoms with Crippen molar-refractivity contribution in [3.8, 4) is 11.6 Å². The Bertz CT molecular complexity index is 1050. The summed E-state index contributed by atoms with van der Waals surface area (Å²) in [6, 6.07) is 15.4. The molecule has 0 aliphatic carbocycles. The predicted octanol–water partition coefficient (Wildman–Crippen LogP) is 4.68. The van der Waals surface area contributed by atoms with Crippen LogP contribution in [0.2, 0.25) is 5.02 Å². The Morgan fingerprint density at radius 3 is 2.53 bits per heavy atom. The summed E-state index contributed by atoms with van der Waals surface area (Å²) in [4.78, 5) is 16.2. The molecule has 3 aromatic rings. The van der Waals surface area contributed by atoms with Crippen molar-refractivity contribution in [3.63, 3.8) is 0 Å². The van der Waals surface area contributed by atoms with E-state index in [0.717, 1.165) is 34.8 Å². The molecular formula is C24H29ClN2O4S. The highest BCUT2D eigenvalue weighted by Gasteiger charge is 2.21.